The molecule has 1 radical (unpaired) electrons. The first-order valence-electron chi connectivity index (χ1n) is 4.41. The van der Waals surface area contributed by atoms with E-state index < -0.39 is 13.8 Å². The van der Waals surface area contributed by atoms with Crippen LogP contribution in [0.2, 0.25) is 0 Å². The smallest absolute Gasteiger partial charge is 0.404 e. The number of para-hydroxylation sites is 1. The van der Waals surface area contributed by atoms with Crippen LogP contribution in [0.5, 0.6) is 5.75 Å². The zero-order chi connectivity index (χ0) is 12.2. The van der Waals surface area contributed by atoms with E-state index in [4.69, 9.17) is 9.79 Å². The van der Waals surface area contributed by atoms with Gasteiger partial charge in [-0.2, -0.15) is 0 Å². The Morgan fingerprint density at radius 2 is 1.94 bits per heavy atom. The van der Waals surface area contributed by atoms with Crippen LogP contribution in [-0.4, -0.2) is 15.8 Å². The second-order valence-electron chi connectivity index (χ2n) is 3.06. The van der Waals surface area contributed by atoms with Gasteiger partial charge in [-0.15, -0.1) is 0 Å². The number of benzene rings is 1. The Bertz CT molecular complexity index is 424. The van der Waals surface area contributed by atoms with E-state index in [2.05, 4.69) is 4.52 Å². The van der Waals surface area contributed by atoms with E-state index in [9.17, 15) is 14.5 Å². The fraction of sp³-hybridized carbons (Fsp3) is 0.222. The first-order chi connectivity index (χ1) is 7.38. The van der Waals surface area contributed by atoms with Gasteiger partial charge in [0.1, 0.15) is 5.75 Å². The molecule has 0 aliphatic rings. The molecule has 0 unspecified atom stereocenters. The minimum absolute atomic E-state index is 0.0166. The highest BCUT2D eigenvalue weighted by Crippen LogP contribution is 2.39. The summed E-state index contributed by atoms with van der Waals surface area (Å²) in [6.07, 6.45) is -0.139. The van der Waals surface area contributed by atoms with Crippen LogP contribution in [0, 0.1) is 0 Å². The molecule has 0 aliphatic carbocycles. The quantitative estimate of drug-likeness (QED) is 0.754. The van der Waals surface area contributed by atoms with Crippen LogP contribution in [0.25, 0.3) is 0 Å². The molecule has 0 saturated carbocycles. The highest BCUT2D eigenvalue weighted by atomic mass is 31.2. The number of phosphoric ester groups is 1. The largest absolute Gasteiger partial charge is 0.524 e. The van der Waals surface area contributed by atoms with Crippen molar-refractivity contribution in [2.24, 2.45) is 0 Å². The summed E-state index contributed by atoms with van der Waals surface area (Å²) in [5.74, 6) is -1.25. The van der Waals surface area contributed by atoms with E-state index >= 15 is 0 Å². The van der Waals surface area contributed by atoms with Crippen LogP contribution in [0.15, 0.2) is 24.3 Å². The summed E-state index contributed by atoms with van der Waals surface area (Å²) in [4.78, 5) is 27.5. The van der Waals surface area contributed by atoms with Crippen LogP contribution < -0.4 is 4.52 Å². The Labute approximate surface area is 91.7 Å². The summed E-state index contributed by atoms with van der Waals surface area (Å²) >= 11 is 0. The first-order valence-corrected chi connectivity index (χ1v) is 5.94. The van der Waals surface area contributed by atoms with Gasteiger partial charge in [0.05, 0.1) is 6.42 Å². The van der Waals surface area contributed by atoms with Crippen molar-refractivity contribution in [2.75, 3.05) is 0 Å². The Morgan fingerprint density at radius 1 is 1.31 bits per heavy atom. The Balaban J connectivity index is 2.83. The predicted octanol–water partition coefficient (Wildman–Crippen LogP) is 1.05. The molecule has 0 bridgehead atoms. The zero-order valence-corrected chi connectivity index (χ0v) is 9.09. The van der Waals surface area contributed by atoms with Crippen LogP contribution >= 0.6 is 7.82 Å². The van der Waals surface area contributed by atoms with Crippen LogP contribution in [0.1, 0.15) is 12.0 Å². The monoisotopic (exact) mass is 245 g/mol. The number of hydrogen-bond donors (Lipinski definition) is 2. The lowest BCUT2D eigenvalue weighted by Crippen LogP contribution is -1.99. The summed E-state index contributed by atoms with van der Waals surface area (Å²) in [5.41, 5.74) is 0.412. The Kier molecular flexibility index (Phi) is 4.06. The fourth-order valence-electron chi connectivity index (χ4n) is 1.16. The molecule has 7 heteroatoms. The minimum atomic E-state index is -4.62. The van der Waals surface area contributed by atoms with Crippen molar-refractivity contribution >= 4 is 13.8 Å². The van der Waals surface area contributed by atoms with Gasteiger partial charge in [0, 0.05) is 0 Å². The van der Waals surface area contributed by atoms with Crippen LogP contribution in [0.4, 0.5) is 0 Å². The van der Waals surface area contributed by atoms with Crippen LogP contribution in [-0.2, 0) is 20.9 Å². The summed E-state index contributed by atoms with van der Waals surface area (Å²) in [6.45, 7) is 0. The second kappa shape index (κ2) is 5.12. The molecule has 2 N–H and O–H groups in total. The van der Waals surface area contributed by atoms with Gasteiger partial charge in [-0.1, -0.05) is 18.2 Å². The molecule has 0 saturated heterocycles. The fourth-order valence-corrected chi connectivity index (χ4v) is 1.60. The molecule has 0 fully saturated rings. The molecule has 0 spiro atoms. The number of rotatable bonds is 5. The molecule has 0 aliphatic heterocycles. The highest BCUT2D eigenvalue weighted by Gasteiger charge is 2.18. The van der Waals surface area contributed by atoms with Crippen molar-refractivity contribution in [3.8, 4) is 5.75 Å². The lowest BCUT2D eigenvalue weighted by molar-refractivity contribution is -0.143. The SMILES string of the molecule is [O]C(=O)CCc1ccccc1OP(=O)(O)O. The maximum Gasteiger partial charge on any atom is 0.524 e. The van der Waals surface area contributed by atoms with Gasteiger partial charge in [-0.05, 0) is 18.1 Å². The number of carbonyl (C=O) groups is 1. The van der Waals surface area contributed by atoms with E-state index in [-0.39, 0.29) is 18.6 Å². The lowest BCUT2D eigenvalue weighted by atomic mass is 10.1. The van der Waals surface area contributed by atoms with Crippen molar-refractivity contribution in [3.05, 3.63) is 29.8 Å². The molecule has 1 aromatic carbocycles. The van der Waals surface area contributed by atoms with Crippen molar-refractivity contribution in [1.82, 2.24) is 0 Å². The second-order valence-corrected chi connectivity index (χ2v) is 4.23. The van der Waals surface area contributed by atoms with Gasteiger partial charge < -0.3 is 4.52 Å². The zero-order valence-electron chi connectivity index (χ0n) is 8.20. The molecule has 1 rings (SSSR count). The molecular weight excluding hydrogens is 235 g/mol. The maximum atomic E-state index is 10.6. The Morgan fingerprint density at radius 3 is 2.50 bits per heavy atom. The average Bonchev–Trinajstić information content (AvgIpc) is 2.14. The summed E-state index contributed by atoms with van der Waals surface area (Å²) in [7, 11) is -4.62. The van der Waals surface area contributed by atoms with E-state index in [1.165, 1.54) is 18.2 Å². The number of phosphoric acid groups is 1. The predicted molar refractivity (Wildman–Crippen MR) is 53.1 cm³/mol. The van der Waals surface area contributed by atoms with Crippen molar-refractivity contribution < 1.29 is 28.8 Å². The molecule has 0 amide bonds. The van der Waals surface area contributed by atoms with E-state index in [1.807, 2.05) is 0 Å². The number of aryl methyl sites for hydroxylation is 1. The first kappa shape index (κ1) is 12.7. The molecule has 16 heavy (non-hydrogen) atoms. The maximum absolute atomic E-state index is 10.6. The minimum Gasteiger partial charge on any atom is -0.404 e. The van der Waals surface area contributed by atoms with Gasteiger partial charge >= 0.3 is 13.8 Å². The van der Waals surface area contributed by atoms with E-state index in [1.54, 1.807) is 6.07 Å². The summed E-state index contributed by atoms with van der Waals surface area (Å²) in [6, 6.07) is 6.06. The number of hydrogen-bond acceptors (Lipinski definition) is 3. The third kappa shape index (κ3) is 4.44. The molecule has 0 aromatic heterocycles. The van der Waals surface area contributed by atoms with Crippen LogP contribution in [0.3, 0.4) is 0 Å². The van der Waals surface area contributed by atoms with Gasteiger partial charge in [0.25, 0.3) is 0 Å². The standard InChI is InChI=1S/C9H10O6P/c10-9(11)6-5-7-3-1-2-4-8(7)15-16(12,13)14/h1-4H,5-6H2,(H2,12,13,14). The third-order valence-electron chi connectivity index (χ3n) is 1.79. The summed E-state index contributed by atoms with van der Waals surface area (Å²) < 4.78 is 15.1. The molecule has 6 nitrogen and oxygen atoms in total. The van der Waals surface area contributed by atoms with E-state index in [0.717, 1.165) is 0 Å². The molecule has 0 atom stereocenters. The highest BCUT2D eigenvalue weighted by molar-refractivity contribution is 7.46. The van der Waals surface area contributed by atoms with Crippen molar-refractivity contribution in [2.45, 2.75) is 12.8 Å². The molecule has 87 valence electrons. The van der Waals surface area contributed by atoms with Crippen molar-refractivity contribution in [1.29, 1.82) is 0 Å². The van der Waals surface area contributed by atoms with Gasteiger partial charge in [-0.3, -0.25) is 9.79 Å². The average molecular weight is 245 g/mol. The number of carbonyl (C=O) groups excluding carboxylic acids is 1. The molecule has 0 heterocycles. The third-order valence-corrected chi connectivity index (χ3v) is 2.22. The normalized spacial score (nSPS) is 11.1. The topological polar surface area (TPSA) is 104 Å². The van der Waals surface area contributed by atoms with Gasteiger partial charge in [-0.25, -0.2) is 14.5 Å². The van der Waals surface area contributed by atoms with Crippen molar-refractivity contribution in [3.63, 3.8) is 0 Å². The summed E-state index contributed by atoms with van der Waals surface area (Å²) in [5, 5.41) is 10.3. The van der Waals surface area contributed by atoms with Gasteiger partial charge in [0.2, 0.25) is 0 Å². The Hall–Kier alpha value is -1.36. The van der Waals surface area contributed by atoms with Gasteiger partial charge in [0.15, 0.2) is 0 Å². The lowest BCUT2D eigenvalue weighted by Gasteiger charge is -2.10. The molecule has 1 aromatic rings. The molecular formula is C9H10O6P. The van der Waals surface area contributed by atoms with E-state index in [0.29, 0.717) is 5.56 Å².